The van der Waals surface area contributed by atoms with E-state index in [9.17, 15) is 0 Å². The van der Waals surface area contributed by atoms with Crippen LogP contribution in [-0.2, 0) is 0 Å². The summed E-state index contributed by atoms with van der Waals surface area (Å²) < 4.78 is 0. The number of rotatable bonds is 2. The molecule has 0 saturated heterocycles. The molecule has 1 heterocycles. The summed E-state index contributed by atoms with van der Waals surface area (Å²) in [4.78, 5) is 8.80. The first-order valence-corrected chi connectivity index (χ1v) is 7.22. The minimum Gasteiger partial charge on any atom is -0.366 e. The Hall–Kier alpha value is -1.64. The summed E-state index contributed by atoms with van der Waals surface area (Å²) in [6.07, 6.45) is 6.92. The number of benzene rings is 1. The average molecular weight is 255 g/mol. The molecule has 1 aromatic carbocycles. The Kier molecular flexibility index (Phi) is 3.36. The zero-order valence-electron chi connectivity index (χ0n) is 11.7. The monoisotopic (exact) mass is 255 g/mol. The lowest BCUT2D eigenvalue weighted by Gasteiger charge is -2.30. The molecule has 0 bridgehead atoms. The van der Waals surface area contributed by atoms with Gasteiger partial charge >= 0.3 is 0 Å². The number of nitrogens with zero attached hydrogens (tertiary/aromatic N) is 2. The van der Waals surface area contributed by atoms with E-state index in [1.807, 2.05) is 0 Å². The number of anilines is 1. The Bertz CT molecular complexity index is 579. The number of hydrogen-bond donors (Lipinski definition) is 1. The van der Waals surface area contributed by atoms with Gasteiger partial charge in [0.1, 0.15) is 12.1 Å². The molecule has 1 aromatic heterocycles. The minimum absolute atomic E-state index is 0.548. The Morgan fingerprint density at radius 3 is 2.84 bits per heavy atom. The van der Waals surface area contributed by atoms with E-state index in [-0.39, 0.29) is 0 Å². The van der Waals surface area contributed by atoms with Gasteiger partial charge in [-0.3, -0.25) is 0 Å². The van der Waals surface area contributed by atoms with Crippen molar-refractivity contribution in [3.05, 3.63) is 30.1 Å². The second-order valence-corrected chi connectivity index (χ2v) is 5.76. The second kappa shape index (κ2) is 5.16. The van der Waals surface area contributed by atoms with Gasteiger partial charge in [0.25, 0.3) is 0 Å². The third kappa shape index (κ3) is 2.55. The van der Waals surface area contributed by atoms with Crippen molar-refractivity contribution in [3.8, 4) is 0 Å². The third-order valence-corrected chi connectivity index (χ3v) is 4.22. The summed E-state index contributed by atoms with van der Waals surface area (Å²) >= 11 is 0. The minimum atomic E-state index is 0.548. The van der Waals surface area contributed by atoms with Crippen LogP contribution in [-0.4, -0.2) is 16.0 Å². The molecule has 0 amide bonds. The van der Waals surface area contributed by atoms with E-state index in [2.05, 4.69) is 47.3 Å². The quantitative estimate of drug-likeness (QED) is 0.883. The number of nitrogens with one attached hydrogen (secondary N) is 1. The Balaban J connectivity index is 1.93. The molecule has 1 saturated carbocycles. The molecule has 0 aliphatic heterocycles. The lowest BCUT2D eigenvalue weighted by molar-refractivity contribution is 0.349. The first kappa shape index (κ1) is 12.4. The molecule has 0 spiro atoms. The molecular formula is C16H21N3. The topological polar surface area (TPSA) is 37.8 Å². The van der Waals surface area contributed by atoms with Crippen molar-refractivity contribution in [2.45, 2.75) is 45.6 Å². The summed E-state index contributed by atoms with van der Waals surface area (Å²) in [7, 11) is 0. The van der Waals surface area contributed by atoms with Crippen LogP contribution in [0.2, 0.25) is 0 Å². The Labute approximate surface area is 114 Å². The number of aryl methyl sites for hydroxylation is 1. The van der Waals surface area contributed by atoms with Crippen LogP contribution in [0.25, 0.3) is 10.9 Å². The molecule has 1 N–H and O–H groups in total. The van der Waals surface area contributed by atoms with Gasteiger partial charge in [0, 0.05) is 11.4 Å². The smallest absolute Gasteiger partial charge is 0.137 e. The van der Waals surface area contributed by atoms with E-state index in [1.165, 1.54) is 31.2 Å². The highest BCUT2D eigenvalue weighted by Gasteiger charge is 2.21. The van der Waals surface area contributed by atoms with Crippen molar-refractivity contribution >= 4 is 16.7 Å². The van der Waals surface area contributed by atoms with E-state index < -0.39 is 0 Å². The van der Waals surface area contributed by atoms with Crippen LogP contribution in [0, 0.1) is 12.8 Å². The Morgan fingerprint density at radius 2 is 2.00 bits per heavy atom. The van der Waals surface area contributed by atoms with Crippen LogP contribution >= 0.6 is 0 Å². The Morgan fingerprint density at radius 1 is 1.16 bits per heavy atom. The summed E-state index contributed by atoms with van der Waals surface area (Å²) in [6.45, 7) is 4.45. The summed E-state index contributed by atoms with van der Waals surface area (Å²) in [5, 5.41) is 4.79. The number of aromatic nitrogens is 2. The van der Waals surface area contributed by atoms with Gasteiger partial charge in [-0.15, -0.1) is 0 Å². The van der Waals surface area contributed by atoms with Crippen molar-refractivity contribution < 1.29 is 0 Å². The van der Waals surface area contributed by atoms with Crippen molar-refractivity contribution in [3.63, 3.8) is 0 Å². The van der Waals surface area contributed by atoms with Crippen molar-refractivity contribution in [1.82, 2.24) is 9.97 Å². The molecule has 1 aliphatic rings. The van der Waals surface area contributed by atoms with Crippen LogP contribution in [0.5, 0.6) is 0 Å². The SMILES string of the molecule is Cc1ccc2ncnc(N[C@H]3CCCC[C@@H]3C)c2c1. The van der Waals surface area contributed by atoms with Gasteiger partial charge in [0.15, 0.2) is 0 Å². The van der Waals surface area contributed by atoms with Gasteiger partial charge < -0.3 is 5.32 Å². The van der Waals surface area contributed by atoms with Gasteiger partial charge in [-0.1, -0.05) is 31.4 Å². The molecule has 3 rings (SSSR count). The van der Waals surface area contributed by atoms with E-state index >= 15 is 0 Å². The number of hydrogen-bond acceptors (Lipinski definition) is 3. The van der Waals surface area contributed by atoms with Crippen LogP contribution in [0.15, 0.2) is 24.5 Å². The molecule has 1 fully saturated rings. The molecule has 2 atom stereocenters. The van der Waals surface area contributed by atoms with Crippen molar-refractivity contribution in [1.29, 1.82) is 0 Å². The fourth-order valence-electron chi connectivity index (χ4n) is 2.99. The first-order chi connectivity index (χ1) is 9.24. The van der Waals surface area contributed by atoms with Gasteiger partial charge in [-0.25, -0.2) is 9.97 Å². The predicted molar refractivity (Wildman–Crippen MR) is 79.3 cm³/mol. The van der Waals surface area contributed by atoms with E-state index in [4.69, 9.17) is 0 Å². The lowest BCUT2D eigenvalue weighted by atomic mass is 9.86. The molecule has 0 unspecified atom stereocenters. The summed E-state index contributed by atoms with van der Waals surface area (Å²) in [5.41, 5.74) is 2.27. The van der Waals surface area contributed by atoms with E-state index in [0.29, 0.717) is 6.04 Å². The van der Waals surface area contributed by atoms with Crippen molar-refractivity contribution in [2.75, 3.05) is 5.32 Å². The van der Waals surface area contributed by atoms with Crippen molar-refractivity contribution in [2.24, 2.45) is 5.92 Å². The van der Waals surface area contributed by atoms with Gasteiger partial charge in [-0.05, 0) is 37.8 Å². The second-order valence-electron chi connectivity index (χ2n) is 5.76. The number of fused-ring (bicyclic) bond motifs is 1. The summed E-state index contributed by atoms with van der Waals surface area (Å²) in [5.74, 6) is 1.72. The predicted octanol–water partition coefficient (Wildman–Crippen LogP) is 3.93. The molecule has 100 valence electrons. The largest absolute Gasteiger partial charge is 0.366 e. The lowest BCUT2D eigenvalue weighted by Crippen LogP contribution is -2.30. The average Bonchev–Trinajstić information content (AvgIpc) is 2.42. The van der Waals surface area contributed by atoms with Crippen LogP contribution in [0.3, 0.4) is 0 Å². The highest BCUT2D eigenvalue weighted by atomic mass is 15.0. The fourth-order valence-corrected chi connectivity index (χ4v) is 2.99. The molecule has 1 aliphatic carbocycles. The first-order valence-electron chi connectivity index (χ1n) is 7.22. The maximum Gasteiger partial charge on any atom is 0.137 e. The highest BCUT2D eigenvalue weighted by Crippen LogP contribution is 2.28. The standard InChI is InChI=1S/C16H21N3/c1-11-7-8-15-13(9-11)16(18-10-17-15)19-14-6-4-3-5-12(14)2/h7-10,12,14H,3-6H2,1-2H3,(H,17,18,19)/t12-,14-/m0/s1. The van der Waals surface area contributed by atoms with Gasteiger partial charge in [-0.2, -0.15) is 0 Å². The molecule has 3 heteroatoms. The normalized spacial score (nSPS) is 23.5. The fraction of sp³-hybridized carbons (Fsp3) is 0.500. The zero-order chi connectivity index (χ0) is 13.2. The molecule has 0 radical (unpaired) electrons. The third-order valence-electron chi connectivity index (χ3n) is 4.22. The van der Waals surface area contributed by atoms with E-state index in [1.54, 1.807) is 6.33 Å². The maximum absolute atomic E-state index is 4.45. The molecular weight excluding hydrogens is 234 g/mol. The highest BCUT2D eigenvalue weighted by molar-refractivity contribution is 5.89. The van der Waals surface area contributed by atoms with Crippen LogP contribution in [0.1, 0.15) is 38.2 Å². The molecule has 2 aromatic rings. The van der Waals surface area contributed by atoms with Gasteiger partial charge in [0.2, 0.25) is 0 Å². The molecule has 3 nitrogen and oxygen atoms in total. The molecule has 19 heavy (non-hydrogen) atoms. The zero-order valence-corrected chi connectivity index (χ0v) is 11.7. The van der Waals surface area contributed by atoms with Crippen LogP contribution in [0.4, 0.5) is 5.82 Å². The van der Waals surface area contributed by atoms with E-state index in [0.717, 1.165) is 22.6 Å². The summed E-state index contributed by atoms with van der Waals surface area (Å²) in [6, 6.07) is 6.89. The van der Waals surface area contributed by atoms with Gasteiger partial charge in [0.05, 0.1) is 5.52 Å². The van der Waals surface area contributed by atoms with Crippen LogP contribution < -0.4 is 5.32 Å². The maximum atomic E-state index is 4.45.